The number of carboxylic acids is 1. The van der Waals surface area contributed by atoms with Gasteiger partial charge in [0.15, 0.2) is 0 Å². The summed E-state index contributed by atoms with van der Waals surface area (Å²) in [6, 6.07) is -0.387. The Morgan fingerprint density at radius 2 is 2.14 bits per heavy atom. The van der Waals surface area contributed by atoms with Crippen LogP contribution in [0.1, 0.15) is 57.7 Å². The maximum Gasteiger partial charge on any atom is 0.303 e. The van der Waals surface area contributed by atoms with Crippen LogP contribution in [0.4, 0.5) is 0 Å². The summed E-state index contributed by atoms with van der Waals surface area (Å²) in [7, 11) is 0. The van der Waals surface area contributed by atoms with Gasteiger partial charge in [0.2, 0.25) is 5.91 Å². The van der Waals surface area contributed by atoms with Gasteiger partial charge in [-0.1, -0.05) is 18.6 Å². The van der Waals surface area contributed by atoms with Crippen molar-refractivity contribution in [2.45, 2.75) is 58.4 Å². The van der Waals surface area contributed by atoms with Gasteiger partial charge in [0.05, 0.1) is 5.69 Å². The maximum absolute atomic E-state index is 11.9. The summed E-state index contributed by atoms with van der Waals surface area (Å²) in [6.07, 6.45) is 5.98. The van der Waals surface area contributed by atoms with Crippen LogP contribution in [0.5, 0.6) is 0 Å². The molecule has 1 unspecified atom stereocenters. The Bertz CT molecular complexity index is 459. The molecule has 0 radical (unpaired) electrons. The Morgan fingerprint density at radius 1 is 1.38 bits per heavy atom. The van der Waals surface area contributed by atoms with Crippen molar-refractivity contribution >= 4 is 11.9 Å². The Kier molecular flexibility index (Phi) is 7.42. The molecule has 7 heteroatoms. The lowest BCUT2D eigenvalue weighted by molar-refractivity contribution is -0.137. The van der Waals surface area contributed by atoms with E-state index < -0.39 is 5.97 Å². The van der Waals surface area contributed by atoms with Gasteiger partial charge < -0.3 is 10.4 Å². The Labute approximate surface area is 124 Å². The van der Waals surface area contributed by atoms with Crippen molar-refractivity contribution in [1.29, 1.82) is 0 Å². The van der Waals surface area contributed by atoms with Crippen LogP contribution in [-0.2, 0) is 16.0 Å². The highest BCUT2D eigenvalue weighted by Crippen LogP contribution is 2.08. The second-order valence-corrected chi connectivity index (χ2v) is 5.11. The summed E-state index contributed by atoms with van der Waals surface area (Å²) in [5.41, 5.74) is 0.786. The number of nitrogens with one attached hydrogen (secondary N) is 1. The number of carboxylic acid groups (broad SMARTS) is 1. The topological polar surface area (TPSA) is 97.1 Å². The molecule has 0 saturated heterocycles. The summed E-state index contributed by atoms with van der Waals surface area (Å²) < 4.78 is 1.55. The number of hydrogen-bond acceptors (Lipinski definition) is 4. The van der Waals surface area contributed by atoms with Crippen LogP contribution in [0.25, 0.3) is 0 Å². The number of unbranched alkanes of at least 4 members (excludes halogenated alkanes) is 2. The molecule has 1 rings (SSSR count). The zero-order valence-electron chi connectivity index (χ0n) is 12.7. The first-order valence-corrected chi connectivity index (χ1v) is 7.44. The molecule has 118 valence electrons. The predicted octanol–water partition coefficient (Wildman–Crippen LogP) is 1.55. The molecule has 2 N–H and O–H groups in total. The van der Waals surface area contributed by atoms with Gasteiger partial charge in [-0.15, -0.1) is 5.10 Å². The fourth-order valence-corrected chi connectivity index (χ4v) is 1.86. The van der Waals surface area contributed by atoms with E-state index in [0.717, 1.165) is 25.0 Å². The minimum atomic E-state index is -0.781. The molecule has 1 aromatic rings. The van der Waals surface area contributed by atoms with Crippen molar-refractivity contribution in [3.63, 3.8) is 0 Å². The molecule has 0 aromatic carbocycles. The number of aliphatic carboxylic acids is 1. The average Bonchev–Trinajstić information content (AvgIpc) is 2.91. The van der Waals surface area contributed by atoms with Crippen LogP contribution in [-0.4, -0.2) is 38.5 Å². The van der Waals surface area contributed by atoms with Crippen LogP contribution in [0.2, 0.25) is 0 Å². The summed E-state index contributed by atoms with van der Waals surface area (Å²) >= 11 is 0. The minimum absolute atomic E-state index is 0.0641. The zero-order chi connectivity index (χ0) is 15.7. The summed E-state index contributed by atoms with van der Waals surface area (Å²) in [5, 5.41) is 19.4. The standard InChI is InChI=1S/C14H24N4O3/c1-3-4-9-15-14(21)11(2)18-10-12(16-17-18)7-5-6-8-13(19)20/h10-11H,3-9H2,1-2H3,(H,15,21)(H,19,20). The van der Waals surface area contributed by atoms with Crippen LogP contribution in [0.15, 0.2) is 6.20 Å². The van der Waals surface area contributed by atoms with E-state index in [1.165, 1.54) is 0 Å². The van der Waals surface area contributed by atoms with Gasteiger partial charge in [0.1, 0.15) is 6.04 Å². The third kappa shape index (κ3) is 6.37. The fraction of sp³-hybridized carbons (Fsp3) is 0.714. The first-order chi connectivity index (χ1) is 10.0. The van der Waals surface area contributed by atoms with E-state index >= 15 is 0 Å². The average molecular weight is 296 g/mol. The number of hydrogen-bond donors (Lipinski definition) is 2. The third-order valence-electron chi connectivity index (χ3n) is 3.24. The van der Waals surface area contributed by atoms with Crippen molar-refractivity contribution in [2.24, 2.45) is 0 Å². The molecule has 1 aromatic heterocycles. The van der Waals surface area contributed by atoms with Crippen molar-refractivity contribution in [1.82, 2.24) is 20.3 Å². The van der Waals surface area contributed by atoms with Crippen LogP contribution in [0, 0.1) is 0 Å². The number of nitrogens with zero attached hydrogens (tertiary/aromatic N) is 3. The Hall–Kier alpha value is -1.92. The number of carbonyl (C=O) groups excluding carboxylic acids is 1. The van der Waals surface area contributed by atoms with Gasteiger partial charge in [0.25, 0.3) is 0 Å². The molecule has 0 saturated carbocycles. The molecule has 1 amide bonds. The highest BCUT2D eigenvalue weighted by molar-refractivity contribution is 5.79. The van der Waals surface area contributed by atoms with E-state index in [1.807, 2.05) is 0 Å². The molecular weight excluding hydrogens is 272 g/mol. The Balaban J connectivity index is 2.38. The number of rotatable bonds is 10. The van der Waals surface area contributed by atoms with Crippen LogP contribution in [0.3, 0.4) is 0 Å². The lowest BCUT2D eigenvalue weighted by atomic mass is 10.1. The van der Waals surface area contributed by atoms with Gasteiger partial charge in [0, 0.05) is 19.2 Å². The predicted molar refractivity (Wildman–Crippen MR) is 77.8 cm³/mol. The summed E-state index contributed by atoms with van der Waals surface area (Å²) in [6.45, 7) is 4.53. The van der Waals surface area contributed by atoms with E-state index in [2.05, 4.69) is 22.6 Å². The molecule has 1 atom stereocenters. The normalized spacial score (nSPS) is 12.1. The molecule has 7 nitrogen and oxygen atoms in total. The van der Waals surface area contributed by atoms with Crippen LogP contribution >= 0.6 is 0 Å². The molecule has 0 aliphatic rings. The number of aromatic nitrogens is 3. The third-order valence-corrected chi connectivity index (χ3v) is 3.24. The first kappa shape index (κ1) is 17.1. The van der Waals surface area contributed by atoms with Crippen molar-refractivity contribution in [2.75, 3.05) is 6.54 Å². The van der Waals surface area contributed by atoms with Gasteiger partial charge >= 0.3 is 5.97 Å². The number of aryl methyl sites for hydroxylation is 1. The molecule has 0 fully saturated rings. The number of amides is 1. The van der Waals surface area contributed by atoms with E-state index in [1.54, 1.807) is 17.8 Å². The molecule has 0 bridgehead atoms. The zero-order valence-corrected chi connectivity index (χ0v) is 12.7. The van der Waals surface area contributed by atoms with Gasteiger partial charge in [-0.25, -0.2) is 4.68 Å². The summed E-state index contributed by atoms with van der Waals surface area (Å²) in [4.78, 5) is 22.3. The van der Waals surface area contributed by atoms with E-state index in [4.69, 9.17) is 5.11 Å². The highest BCUT2D eigenvalue weighted by Gasteiger charge is 2.16. The molecule has 0 aliphatic carbocycles. The lowest BCUT2D eigenvalue weighted by Crippen LogP contribution is -2.31. The molecule has 1 heterocycles. The van der Waals surface area contributed by atoms with Crippen molar-refractivity contribution < 1.29 is 14.7 Å². The highest BCUT2D eigenvalue weighted by atomic mass is 16.4. The smallest absolute Gasteiger partial charge is 0.303 e. The van der Waals surface area contributed by atoms with Crippen molar-refractivity contribution in [3.8, 4) is 0 Å². The van der Waals surface area contributed by atoms with E-state index in [-0.39, 0.29) is 18.4 Å². The molecule has 21 heavy (non-hydrogen) atoms. The van der Waals surface area contributed by atoms with Gasteiger partial charge in [-0.3, -0.25) is 9.59 Å². The van der Waals surface area contributed by atoms with Gasteiger partial charge in [-0.2, -0.15) is 0 Å². The quantitative estimate of drug-likeness (QED) is 0.638. The van der Waals surface area contributed by atoms with E-state index in [0.29, 0.717) is 19.4 Å². The van der Waals surface area contributed by atoms with E-state index in [9.17, 15) is 9.59 Å². The molecule has 0 spiro atoms. The second kappa shape index (κ2) is 9.10. The lowest BCUT2D eigenvalue weighted by Gasteiger charge is -2.11. The maximum atomic E-state index is 11.9. The first-order valence-electron chi connectivity index (χ1n) is 7.44. The van der Waals surface area contributed by atoms with Crippen LogP contribution < -0.4 is 5.32 Å². The Morgan fingerprint density at radius 3 is 2.81 bits per heavy atom. The molecule has 0 aliphatic heterocycles. The van der Waals surface area contributed by atoms with Gasteiger partial charge in [-0.05, 0) is 32.6 Å². The second-order valence-electron chi connectivity index (χ2n) is 5.11. The van der Waals surface area contributed by atoms with Crippen molar-refractivity contribution in [3.05, 3.63) is 11.9 Å². The monoisotopic (exact) mass is 296 g/mol. The molecular formula is C14H24N4O3. The SMILES string of the molecule is CCCCNC(=O)C(C)n1cc(CCCCC(=O)O)nn1. The summed E-state index contributed by atoms with van der Waals surface area (Å²) in [5.74, 6) is -0.846. The fourth-order valence-electron chi connectivity index (χ4n) is 1.86. The largest absolute Gasteiger partial charge is 0.481 e. The minimum Gasteiger partial charge on any atom is -0.481 e. The number of carbonyl (C=O) groups is 2.